The highest BCUT2D eigenvalue weighted by molar-refractivity contribution is 6.04. The summed E-state index contributed by atoms with van der Waals surface area (Å²) in [5, 5.41) is 3.39. The molecule has 33 heavy (non-hydrogen) atoms. The number of pyridine rings is 1. The molecule has 0 fully saturated rings. The van der Waals surface area contributed by atoms with Gasteiger partial charge in [-0.25, -0.2) is 4.79 Å². The largest absolute Gasteiger partial charge is 0.497 e. The molecule has 6 heteroatoms. The van der Waals surface area contributed by atoms with Crippen LogP contribution < -0.4 is 10.1 Å². The molecule has 0 amide bonds. The molecular weight excluding hydrogens is 416 g/mol. The van der Waals surface area contributed by atoms with Gasteiger partial charge in [-0.3, -0.25) is 9.78 Å². The molecule has 0 saturated heterocycles. The van der Waals surface area contributed by atoms with E-state index >= 15 is 0 Å². The minimum Gasteiger partial charge on any atom is -0.497 e. The fraction of sp³-hybridized carbons (Fsp3) is 0.370. The highest BCUT2D eigenvalue weighted by Crippen LogP contribution is 2.45. The lowest BCUT2D eigenvalue weighted by atomic mass is 9.72. The van der Waals surface area contributed by atoms with E-state index in [1.165, 1.54) is 0 Å². The summed E-state index contributed by atoms with van der Waals surface area (Å²) < 4.78 is 10.9. The van der Waals surface area contributed by atoms with E-state index in [4.69, 9.17) is 9.47 Å². The first-order chi connectivity index (χ1) is 15.9. The number of carbonyl (C=O) groups is 2. The number of nitrogens with one attached hydrogen (secondary N) is 1. The van der Waals surface area contributed by atoms with Crippen molar-refractivity contribution in [1.29, 1.82) is 0 Å². The molecule has 1 aliphatic heterocycles. The SMILES string of the molecule is COc1ccc([C@H]2CC(=O)C3=C(C2)NC(C)=C(C(=O)OCC(C)C)[C@H]3c2ccncc2)cc1. The van der Waals surface area contributed by atoms with Gasteiger partial charge in [0.2, 0.25) is 0 Å². The molecule has 0 spiro atoms. The van der Waals surface area contributed by atoms with Crippen molar-refractivity contribution in [2.75, 3.05) is 13.7 Å². The first-order valence-corrected chi connectivity index (χ1v) is 11.3. The number of allylic oxidation sites excluding steroid dienone is 3. The zero-order valence-electron chi connectivity index (χ0n) is 19.6. The average Bonchev–Trinajstić information content (AvgIpc) is 2.82. The van der Waals surface area contributed by atoms with Gasteiger partial charge in [-0.1, -0.05) is 26.0 Å². The molecule has 2 aliphatic rings. The predicted octanol–water partition coefficient (Wildman–Crippen LogP) is 4.65. The van der Waals surface area contributed by atoms with Crippen LogP contribution in [-0.2, 0) is 14.3 Å². The normalized spacial score (nSPS) is 20.5. The number of Topliss-reactive ketones (excluding diaryl/α,β-unsaturated/α-hetero) is 1. The highest BCUT2D eigenvalue weighted by atomic mass is 16.5. The standard InChI is InChI=1S/C27H30N2O4/c1-16(2)15-33-27(31)24-17(3)29-22-13-20(18-5-7-21(32-4)8-6-18)14-23(30)26(22)25(24)19-9-11-28-12-10-19/h5-12,16,20,25,29H,13-15H2,1-4H3/t20-,25-/m1/s1. The fourth-order valence-electron chi connectivity index (χ4n) is 4.63. The molecule has 1 N–H and O–H groups in total. The van der Waals surface area contributed by atoms with Crippen LogP contribution in [0.3, 0.4) is 0 Å². The maximum atomic E-state index is 13.5. The summed E-state index contributed by atoms with van der Waals surface area (Å²) in [7, 11) is 1.64. The summed E-state index contributed by atoms with van der Waals surface area (Å²) >= 11 is 0. The van der Waals surface area contributed by atoms with Gasteiger partial charge in [-0.05, 0) is 60.6 Å². The molecule has 2 aromatic rings. The number of rotatable bonds is 6. The second kappa shape index (κ2) is 9.61. The first kappa shape index (κ1) is 22.8. The molecule has 0 saturated carbocycles. The van der Waals surface area contributed by atoms with Crippen LogP contribution >= 0.6 is 0 Å². The van der Waals surface area contributed by atoms with E-state index in [0.29, 0.717) is 30.6 Å². The van der Waals surface area contributed by atoms with E-state index in [9.17, 15) is 9.59 Å². The number of ether oxygens (including phenoxy) is 2. The van der Waals surface area contributed by atoms with Gasteiger partial charge in [0.25, 0.3) is 0 Å². The Bertz CT molecular complexity index is 1100. The molecule has 6 nitrogen and oxygen atoms in total. The number of hydrogen-bond donors (Lipinski definition) is 1. The summed E-state index contributed by atoms with van der Waals surface area (Å²) in [6, 6.07) is 11.6. The number of benzene rings is 1. The Labute approximate surface area is 194 Å². The minimum absolute atomic E-state index is 0.0491. The third-order valence-corrected chi connectivity index (χ3v) is 6.22. The summed E-state index contributed by atoms with van der Waals surface area (Å²) in [4.78, 5) is 30.8. The van der Waals surface area contributed by atoms with Crippen molar-refractivity contribution in [1.82, 2.24) is 10.3 Å². The van der Waals surface area contributed by atoms with E-state index < -0.39 is 5.92 Å². The molecule has 1 aliphatic carbocycles. The molecular formula is C27H30N2O4. The van der Waals surface area contributed by atoms with Crippen LogP contribution in [0.5, 0.6) is 5.75 Å². The van der Waals surface area contributed by atoms with Crippen LogP contribution in [0.25, 0.3) is 0 Å². The van der Waals surface area contributed by atoms with Crippen molar-refractivity contribution >= 4 is 11.8 Å². The molecule has 0 radical (unpaired) electrons. The quantitative estimate of drug-likeness (QED) is 0.651. The van der Waals surface area contributed by atoms with Crippen LogP contribution in [0, 0.1) is 5.92 Å². The lowest BCUT2D eigenvalue weighted by Crippen LogP contribution is -2.36. The third-order valence-electron chi connectivity index (χ3n) is 6.22. The van der Waals surface area contributed by atoms with Crippen molar-refractivity contribution in [2.45, 2.75) is 45.4 Å². The third kappa shape index (κ3) is 4.70. The Morgan fingerprint density at radius 1 is 1.09 bits per heavy atom. The lowest BCUT2D eigenvalue weighted by molar-refractivity contribution is -0.140. The van der Waals surface area contributed by atoms with Crippen LogP contribution in [0.2, 0.25) is 0 Å². The molecule has 2 heterocycles. The van der Waals surface area contributed by atoms with Crippen LogP contribution in [0.15, 0.2) is 71.3 Å². The maximum absolute atomic E-state index is 13.5. The van der Waals surface area contributed by atoms with E-state index in [-0.39, 0.29) is 23.6 Å². The summed E-state index contributed by atoms with van der Waals surface area (Å²) in [6.45, 7) is 6.21. The Hall–Kier alpha value is -3.41. The minimum atomic E-state index is -0.465. The van der Waals surface area contributed by atoms with E-state index in [0.717, 1.165) is 28.3 Å². The Morgan fingerprint density at radius 2 is 1.79 bits per heavy atom. The summed E-state index contributed by atoms with van der Waals surface area (Å²) in [6.07, 6.45) is 4.47. The molecule has 4 rings (SSSR count). The van der Waals surface area contributed by atoms with Crippen molar-refractivity contribution in [3.8, 4) is 5.75 Å². The summed E-state index contributed by atoms with van der Waals surface area (Å²) in [5.74, 6) is 0.281. The van der Waals surface area contributed by atoms with Crippen molar-refractivity contribution in [2.24, 2.45) is 5.92 Å². The average molecular weight is 447 g/mol. The number of dihydropyridines is 1. The van der Waals surface area contributed by atoms with Crippen molar-refractivity contribution in [3.05, 3.63) is 82.5 Å². The highest BCUT2D eigenvalue weighted by Gasteiger charge is 2.41. The number of aromatic nitrogens is 1. The number of carbonyl (C=O) groups excluding carboxylic acids is 2. The second-order valence-corrected chi connectivity index (χ2v) is 9.06. The molecule has 1 aromatic heterocycles. The Balaban J connectivity index is 1.72. The number of esters is 1. The van der Waals surface area contributed by atoms with Gasteiger partial charge in [-0.15, -0.1) is 0 Å². The van der Waals surface area contributed by atoms with Gasteiger partial charge in [-0.2, -0.15) is 0 Å². The number of nitrogens with zero attached hydrogens (tertiary/aromatic N) is 1. The molecule has 0 bridgehead atoms. The van der Waals surface area contributed by atoms with E-state index in [2.05, 4.69) is 10.3 Å². The fourth-order valence-corrected chi connectivity index (χ4v) is 4.63. The van der Waals surface area contributed by atoms with Gasteiger partial charge in [0.1, 0.15) is 5.75 Å². The topological polar surface area (TPSA) is 77.5 Å². The van der Waals surface area contributed by atoms with Crippen molar-refractivity contribution < 1.29 is 19.1 Å². The summed E-state index contributed by atoms with van der Waals surface area (Å²) in [5.41, 5.74) is 4.73. The lowest BCUT2D eigenvalue weighted by Gasteiger charge is -2.36. The van der Waals surface area contributed by atoms with Crippen molar-refractivity contribution in [3.63, 3.8) is 0 Å². The number of hydrogen-bond acceptors (Lipinski definition) is 6. The van der Waals surface area contributed by atoms with Gasteiger partial charge >= 0.3 is 5.97 Å². The second-order valence-electron chi connectivity index (χ2n) is 9.06. The number of methoxy groups -OCH3 is 1. The van der Waals surface area contributed by atoms with E-state index in [1.807, 2.05) is 57.2 Å². The molecule has 1 aromatic carbocycles. The molecule has 172 valence electrons. The first-order valence-electron chi connectivity index (χ1n) is 11.3. The van der Waals surface area contributed by atoms with Gasteiger partial charge in [0.15, 0.2) is 5.78 Å². The van der Waals surface area contributed by atoms with Gasteiger partial charge < -0.3 is 14.8 Å². The molecule has 2 atom stereocenters. The zero-order chi connectivity index (χ0) is 23.5. The molecule has 0 unspecified atom stereocenters. The van der Waals surface area contributed by atoms with Crippen LogP contribution in [0.1, 0.15) is 56.6 Å². The Morgan fingerprint density at radius 3 is 2.42 bits per heavy atom. The van der Waals surface area contributed by atoms with Crippen LogP contribution in [0.4, 0.5) is 0 Å². The predicted molar refractivity (Wildman–Crippen MR) is 126 cm³/mol. The van der Waals surface area contributed by atoms with Crippen LogP contribution in [-0.4, -0.2) is 30.5 Å². The number of ketones is 1. The van der Waals surface area contributed by atoms with Gasteiger partial charge in [0, 0.05) is 41.7 Å². The Kier molecular flexibility index (Phi) is 6.63. The smallest absolute Gasteiger partial charge is 0.336 e. The zero-order valence-corrected chi connectivity index (χ0v) is 19.6. The monoisotopic (exact) mass is 446 g/mol. The maximum Gasteiger partial charge on any atom is 0.336 e. The van der Waals surface area contributed by atoms with Gasteiger partial charge in [0.05, 0.1) is 19.3 Å². The van der Waals surface area contributed by atoms with E-state index in [1.54, 1.807) is 19.5 Å².